The summed E-state index contributed by atoms with van der Waals surface area (Å²) in [5.41, 5.74) is 2.86. The molecule has 5 nitrogen and oxygen atoms in total. The molecule has 2 aromatic rings. The van der Waals surface area contributed by atoms with Crippen molar-refractivity contribution < 1.29 is 10.1 Å². The van der Waals surface area contributed by atoms with Crippen molar-refractivity contribution in [2.45, 2.75) is 20.5 Å². The molecule has 0 amide bonds. The van der Waals surface area contributed by atoms with E-state index in [0.717, 1.165) is 11.3 Å². The van der Waals surface area contributed by atoms with Crippen LogP contribution in [0.1, 0.15) is 16.8 Å². The molecule has 1 aromatic carbocycles. The predicted molar refractivity (Wildman–Crippen MR) is 63.3 cm³/mol. The molecule has 0 aliphatic carbocycles. The summed E-state index contributed by atoms with van der Waals surface area (Å²) >= 11 is 0. The number of aromatic amines is 1. The number of H-pyrrole nitrogens is 1. The quantitative estimate of drug-likeness (QED) is 0.628. The van der Waals surface area contributed by atoms with Gasteiger partial charge in [-0.2, -0.15) is 0 Å². The van der Waals surface area contributed by atoms with Crippen LogP contribution in [0.2, 0.25) is 0 Å². The lowest BCUT2D eigenvalue weighted by atomic mass is 10.2. The third-order valence-corrected chi connectivity index (χ3v) is 2.72. The minimum atomic E-state index is -0.138. The Balaban J connectivity index is 2.49. The van der Waals surface area contributed by atoms with E-state index in [-0.39, 0.29) is 12.2 Å². The first-order chi connectivity index (χ1) is 8.13. The molecule has 2 rings (SSSR count). The maximum absolute atomic E-state index is 11.9. The van der Waals surface area contributed by atoms with Crippen molar-refractivity contribution in [3.63, 3.8) is 0 Å². The van der Waals surface area contributed by atoms with Crippen LogP contribution in [0.5, 0.6) is 0 Å². The van der Waals surface area contributed by atoms with Gasteiger partial charge in [-0.15, -0.1) is 0 Å². The highest BCUT2D eigenvalue weighted by molar-refractivity contribution is 5.34. The summed E-state index contributed by atoms with van der Waals surface area (Å²) in [6, 6.07) is 7.58. The predicted octanol–water partition coefficient (Wildman–Crippen LogP) is 1.77. The van der Waals surface area contributed by atoms with Crippen LogP contribution in [-0.4, -0.2) is 15.0 Å². The first-order valence-corrected chi connectivity index (χ1v) is 5.27. The number of rotatable bonds is 3. The molecule has 0 bridgehead atoms. The van der Waals surface area contributed by atoms with Gasteiger partial charge in [0.1, 0.15) is 6.61 Å². The molecule has 0 aliphatic heterocycles. The van der Waals surface area contributed by atoms with Gasteiger partial charge in [0.2, 0.25) is 0 Å². The lowest BCUT2D eigenvalue weighted by molar-refractivity contribution is -0.253. The van der Waals surface area contributed by atoms with E-state index in [1.807, 2.05) is 31.2 Å². The van der Waals surface area contributed by atoms with Gasteiger partial charge < -0.3 is 0 Å². The van der Waals surface area contributed by atoms with E-state index in [9.17, 15) is 4.79 Å². The van der Waals surface area contributed by atoms with Gasteiger partial charge in [0.25, 0.3) is 5.56 Å². The molecular weight excluding hydrogens is 220 g/mol. The summed E-state index contributed by atoms with van der Waals surface area (Å²) in [6.45, 7) is 3.65. The normalized spacial score (nSPS) is 10.8. The molecule has 0 spiro atoms. The second-order valence-corrected chi connectivity index (χ2v) is 3.96. The number of hydrogen-bond acceptors (Lipinski definition) is 3. The zero-order valence-electron chi connectivity index (χ0n) is 9.73. The molecule has 5 heteroatoms. The van der Waals surface area contributed by atoms with Crippen LogP contribution in [0.15, 0.2) is 29.1 Å². The first-order valence-electron chi connectivity index (χ1n) is 5.27. The summed E-state index contributed by atoms with van der Waals surface area (Å²) in [7, 11) is 0. The second-order valence-electron chi connectivity index (χ2n) is 3.96. The van der Waals surface area contributed by atoms with E-state index >= 15 is 0 Å². The third-order valence-electron chi connectivity index (χ3n) is 2.72. The van der Waals surface area contributed by atoms with Crippen molar-refractivity contribution in [1.29, 1.82) is 0 Å². The Morgan fingerprint density at radius 2 is 1.94 bits per heavy atom. The zero-order chi connectivity index (χ0) is 12.4. The lowest BCUT2D eigenvalue weighted by Crippen LogP contribution is -2.15. The molecule has 90 valence electrons. The number of aryl methyl sites for hydroxylation is 1. The monoisotopic (exact) mass is 234 g/mol. The molecular formula is C12H14N2O3. The molecule has 1 aromatic heterocycles. The zero-order valence-corrected chi connectivity index (χ0v) is 9.73. The third kappa shape index (κ3) is 2.15. The van der Waals surface area contributed by atoms with Crippen molar-refractivity contribution in [2.24, 2.45) is 0 Å². The number of nitrogens with zero attached hydrogens (tertiary/aromatic N) is 1. The van der Waals surface area contributed by atoms with E-state index in [1.54, 1.807) is 6.92 Å². The first kappa shape index (κ1) is 11.6. The van der Waals surface area contributed by atoms with E-state index in [2.05, 4.69) is 9.99 Å². The van der Waals surface area contributed by atoms with Crippen molar-refractivity contribution in [3.05, 3.63) is 51.4 Å². The van der Waals surface area contributed by atoms with Crippen LogP contribution >= 0.6 is 0 Å². The SMILES string of the molecule is Cc1ccc(-n2[nH]c(COO)c(C)c2=O)cc1. The van der Waals surface area contributed by atoms with Crippen LogP contribution < -0.4 is 5.56 Å². The smallest absolute Gasteiger partial charge is 0.274 e. The fourth-order valence-corrected chi connectivity index (χ4v) is 1.65. The minimum Gasteiger partial charge on any atom is -0.292 e. The Hall–Kier alpha value is -1.85. The summed E-state index contributed by atoms with van der Waals surface area (Å²) in [5, 5.41) is 11.3. The molecule has 0 radical (unpaired) electrons. The van der Waals surface area contributed by atoms with Gasteiger partial charge in [0, 0.05) is 5.56 Å². The summed E-state index contributed by atoms with van der Waals surface area (Å²) in [6.07, 6.45) is 0. The maximum Gasteiger partial charge on any atom is 0.274 e. The standard InChI is InChI=1S/C12H14N2O3/c1-8-3-5-10(6-4-8)14-12(15)9(2)11(13-14)7-17-16/h3-6,13,16H,7H2,1-2H3. The largest absolute Gasteiger partial charge is 0.292 e. The molecule has 2 N–H and O–H groups in total. The number of nitrogens with one attached hydrogen (secondary N) is 1. The molecule has 0 atom stereocenters. The molecule has 0 unspecified atom stereocenters. The maximum atomic E-state index is 11.9. The highest BCUT2D eigenvalue weighted by atomic mass is 17.1. The molecule has 0 fully saturated rings. The number of benzene rings is 1. The van der Waals surface area contributed by atoms with E-state index < -0.39 is 0 Å². The van der Waals surface area contributed by atoms with Gasteiger partial charge in [-0.05, 0) is 26.0 Å². The highest BCUT2D eigenvalue weighted by Crippen LogP contribution is 2.09. The fraction of sp³-hybridized carbons (Fsp3) is 0.250. The van der Waals surface area contributed by atoms with Crippen molar-refractivity contribution in [2.75, 3.05) is 0 Å². The molecule has 0 saturated carbocycles. The minimum absolute atomic E-state index is 0.0278. The number of aromatic nitrogens is 2. The van der Waals surface area contributed by atoms with Gasteiger partial charge in [-0.3, -0.25) is 15.2 Å². The number of hydrogen-bond donors (Lipinski definition) is 2. The molecule has 0 aliphatic rings. The fourth-order valence-electron chi connectivity index (χ4n) is 1.65. The Labute approximate surface area is 98.2 Å². The van der Waals surface area contributed by atoms with E-state index in [0.29, 0.717) is 11.3 Å². The van der Waals surface area contributed by atoms with Gasteiger partial charge in [-0.1, -0.05) is 17.7 Å². The molecule has 1 heterocycles. The van der Waals surface area contributed by atoms with Crippen molar-refractivity contribution >= 4 is 0 Å². The summed E-state index contributed by atoms with van der Waals surface area (Å²) < 4.78 is 1.43. The van der Waals surface area contributed by atoms with Gasteiger partial charge >= 0.3 is 0 Å². The van der Waals surface area contributed by atoms with Gasteiger partial charge in [0.05, 0.1) is 11.4 Å². The highest BCUT2D eigenvalue weighted by Gasteiger charge is 2.11. The van der Waals surface area contributed by atoms with Crippen molar-refractivity contribution in [1.82, 2.24) is 9.78 Å². The molecule has 0 saturated heterocycles. The average Bonchev–Trinajstić information content (AvgIpc) is 2.59. The van der Waals surface area contributed by atoms with E-state index in [1.165, 1.54) is 4.68 Å². The Morgan fingerprint density at radius 3 is 2.53 bits per heavy atom. The summed E-state index contributed by atoms with van der Waals surface area (Å²) in [4.78, 5) is 16.0. The van der Waals surface area contributed by atoms with Gasteiger partial charge in [0.15, 0.2) is 0 Å². The lowest BCUT2D eigenvalue weighted by Gasteiger charge is -2.01. The Bertz CT molecular complexity index is 566. The van der Waals surface area contributed by atoms with Crippen LogP contribution in [0.25, 0.3) is 5.69 Å². The summed E-state index contributed by atoms with van der Waals surface area (Å²) in [5.74, 6) is 0. The van der Waals surface area contributed by atoms with Crippen LogP contribution in [0, 0.1) is 13.8 Å². The van der Waals surface area contributed by atoms with E-state index in [4.69, 9.17) is 5.26 Å². The van der Waals surface area contributed by atoms with Crippen LogP contribution in [0.4, 0.5) is 0 Å². The Morgan fingerprint density at radius 1 is 1.29 bits per heavy atom. The van der Waals surface area contributed by atoms with Gasteiger partial charge in [-0.25, -0.2) is 9.57 Å². The van der Waals surface area contributed by atoms with Crippen molar-refractivity contribution in [3.8, 4) is 5.69 Å². The molecule has 17 heavy (non-hydrogen) atoms. The van der Waals surface area contributed by atoms with Crippen LogP contribution in [0.3, 0.4) is 0 Å². The Kier molecular flexibility index (Phi) is 3.12. The van der Waals surface area contributed by atoms with Crippen LogP contribution in [-0.2, 0) is 11.5 Å². The second kappa shape index (κ2) is 4.57. The average molecular weight is 234 g/mol. The topological polar surface area (TPSA) is 67.2 Å².